The van der Waals surface area contributed by atoms with Gasteiger partial charge in [-0.1, -0.05) is 24.6 Å². The average Bonchev–Trinajstić information content (AvgIpc) is 2.38. The van der Waals surface area contributed by atoms with Gasteiger partial charge in [0.1, 0.15) is 5.75 Å². The maximum Gasteiger partial charge on any atom is 0.260 e. The number of hydrogen-bond donors (Lipinski definition) is 2. The van der Waals surface area contributed by atoms with Gasteiger partial charge in [0, 0.05) is 13.1 Å². The van der Waals surface area contributed by atoms with E-state index in [1.807, 2.05) is 13.0 Å². The molecule has 1 rings (SSSR count). The maximum atomic E-state index is 11.6. The van der Waals surface area contributed by atoms with Crippen molar-refractivity contribution in [3.05, 3.63) is 28.8 Å². The molecule has 0 aliphatic rings. The Balaban J connectivity index is 2.64. The predicted molar refractivity (Wildman–Crippen MR) is 72.7 cm³/mol. The summed E-state index contributed by atoms with van der Waals surface area (Å²) in [7, 11) is 0. The number of hydrogen-bond acceptors (Lipinski definition) is 3. The summed E-state index contributed by atoms with van der Waals surface area (Å²) in [5.41, 5.74) is 6.44. The molecule has 0 saturated carbocycles. The van der Waals surface area contributed by atoms with Gasteiger partial charge in [-0.3, -0.25) is 4.79 Å². The van der Waals surface area contributed by atoms with Gasteiger partial charge in [0.05, 0.1) is 5.02 Å². The van der Waals surface area contributed by atoms with E-state index in [-0.39, 0.29) is 5.91 Å². The van der Waals surface area contributed by atoms with Crippen molar-refractivity contribution in [2.75, 3.05) is 6.54 Å². The van der Waals surface area contributed by atoms with E-state index in [2.05, 4.69) is 5.32 Å². The summed E-state index contributed by atoms with van der Waals surface area (Å²) in [5, 5.41) is 3.23. The van der Waals surface area contributed by atoms with Crippen LogP contribution >= 0.6 is 11.6 Å². The van der Waals surface area contributed by atoms with Crippen LogP contribution in [0.25, 0.3) is 0 Å². The fourth-order valence-corrected chi connectivity index (χ4v) is 1.65. The van der Waals surface area contributed by atoms with Crippen LogP contribution < -0.4 is 15.8 Å². The molecule has 18 heavy (non-hydrogen) atoms. The third kappa shape index (κ3) is 4.20. The Kier molecular flexibility index (Phi) is 5.95. The van der Waals surface area contributed by atoms with Crippen LogP contribution in [-0.2, 0) is 11.3 Å². The molecule has 0 spiro atoms. The SMILES string of the molecule is CCCNC(=O)C(C)Oc1ccc(CN)cc1Cl. The van der Waals surface area contributed by atoms with Crippen LogP contribution in [0.4, 0.5) is 0 Å². The highest BCUT2D eigenvalue weighted by Gasteiger charge is 2.15. The second-order valence-corrected chi connectivity index (χ2v) is 4.43. The van der Waals surface area contributed by atoms with Crippen LogP contribution in [0.3, 0.4) is 0 Å². The molecule has 0 aliphatic heterocycles. The van der Waals surface area contributed by atoms with E-state index in [1.54, 1.807) is 19.1 Å². The lowest BCUT2D eigenvalue weighted by Crippen LogP contribution is -2.36. The lowest BCUT2D eigenvalue weighted by Gasteiger charge is -2.15. The van der Waals surface area contributed by atoms with Crippen molar-refractivity contribution in [1.29, 1.82) is 0 Å². The van der Waals surface area contributed by atoms with Crippen LogP contribution in [0.15, 0.2) is 18.2 Å². The fourth-order valence-electron chi connectivity index (χ4n) is 1.40. The van der Waals surface area contributed by atoms with Crippen molar-refractivity contribution in [3.8, 4) is 5.75 Å². The zero-order chi connectivity index (χ0) is 13.5. The van der Waals surface area contributed by atoms with E-state index in [9.17, 15) is 4.79 Å². The highest BCUT2D eigenvalue weighted by atomic mass is 35.5. The lowest BCUT2D eigenvalue weighted by molar-refractivity contribution is -0.127. The first-order valence-corrected chi connectivity index (χ1v) is 6.39. The third-order valence-electron chi connectivity index (χ3n) is 2.45. The van der Waals surface area contributed by atoms with Gasteiger partial charge in [0.2, 0.25) is 0 Å². The molecule has 0 aromatic heterocycles. The summed E-state index contributed by atoms with van der Waals surface area (Å²) in [4.78, 5) is 11.6. The molecular formula is C13H19ClN2O2. The molecular weight excluding hydrogens is 252 g/mol. The summed E-state index contributed by atoms with van der Waals surface area (Å²) in [6, 6.07) is 5.31. The Labute approximate surface area is 112 Å². The largest absolute Gasteiger partial charge is 0.479 e. The number of rotatable bonds is 6. The predicted octanol–water partition coefficient (Wildman–Crippen LogP) is 2.09. The zero-order valence-electron chi connectivity index (χ0n) is 10.7. The van der Waals surface area contributed by atoms with Gasteiger partial charge in [-0.15, -0.1) is 0 Å². The molecule has 0 radical (unpaired) electrons. The number of carbonyl (C=O) groups is 1. The summed E-state index contributed by atoms with van der Waals surface area (Å²) >= 11 is 6.05. The second kappa shape index (κ2) is 7.24. The summed E-state index contributed by atoms with van der Waals surface area (Å²) in [5.74, 6) is 0.351. The van der Waals surface area contributed by atoms with Crippen molar-refractivity contribution in [2.45, 2.75) is 32.9 Å². The molecule has 5 heteroatoms. The fraction of sp³-hybridized carbons (Fsp3) is 0.462. The Morgan fingerprint density at radius 3 is 2.83 bits per heavy atom. The zero-order valence-corrected chi connectivity index (χ0v) is 11.5. The molecule has 0 heterocycles. The molecule has 1 atom stereocenters. The molecule has 0 aliphatic carbocycles. The normalized spacial score (nSPS) is 12.0. The van der Waals surface area contributed by atoms with Crippen molar-refractivity contribution in [2.24, 2.45) is 5.73 Å². The van der Waals surface area contributed by atoms with Crippen molar-refractivity contribution in [3.63, 3.8) is 0 Å². The molecule has 0 saturated heterocycles. The van der Waals surface area contributed by atoms with Crippen molar-refractivity contribution < 1.29 is 9.53 Å². The number of ether oxygens (including phenoxy) is 1. The van der Waals surface area contributed by atoms with Crippen LogP contribution in [-0.4, -0.2) is 18.6 Å². The van der Waals surface area contributed by atoms with E-state index < -0.39 is 6.10 Å². The maximum absolute atomic E-state index is 11.6. The van der Waals surface area contributed by atoms with Gasteiger partial charge in [0.15, 0.2) is 6.10 Å². The average molecular weight is 271 g/mol. The van der Waals surface area contributed by atoms with E-state index in [0.717, 1.165) is 12.0 Å². The minimum absolute atomic E-state index is 0.143. The van der Waals surface area contributed by atoms with Gasteiger partial charge < -0.3 is 15.8 Å². The highest BCUT2D eigenvalue weighted by Crippen LogP contribution is 2.26. The topological polar surface area (TPSA) is 64.3 Å². The lowest BCUT2D eigenvalue weighted by atomic mass is 10.2. The van der Waals surface area contributed by atoms with E-state index in [4.69, 9.17) is 22.1 Å². The standard InChI is InChI=1S/C13H19ClN2O2/c1-3-6-16-13(17)9(2)18-12-5-4-10(8-15)7-11(12)14/h4-5,7,9H,3,6,8,15H2,1-2H3,(H,16,17). The number of nitrogens with two attached hydrogens (primary N) is 1. The van der Waals surface area contributed by atoms with Crippen LogP contribution in [0.2, 0.25) is 5.02 Å². The van der Waals surface area contributed by atoms with Crippen molar-refractivity contribution >= 4 is 17.5 Å². The van der Waals surface area contributed by atoms with Gasteiger partial charge in [-0.2, -0.15) is 0 Å². The number of benzene rings is 1. The number of carbonyl (C=O) groups excluding carboxylic acids is 1. The minimum Gasteiger partial charge on any atom is -0.479 e. The molecule has 0 bridgehead atoms. The Hall–Kier alpha value is -1.26. The van der Waals surface area contributed by atoms with Gasteiger partial charge in [-0.25, -0.2) is 0 Å². The van der Waals surface area contributed by atoms with E-state index in [0.29, 0.717) is 23.9 Å². The van der Waals surface area contributed by atoms with E-state index >= 15 is 0 Å². The monoisotopic (exact) mass is 270 g/mol. The first-order chi connectivity index (χ1) is 8.58. The van der Waals surface area contributed by atoms with E-state index in [1.165, 1.54) is 0 Å². The number of halogens is 1. The summed E-state index contributed by atoms with van der Waals surface area (Å²) in [6.07, 6.45) is 0.322. The molecule has 100 valence electrons. The minimum atomic E-state index is -0.572. The summed E-state index contributed by atoms with van der Waals surface area (Å²) < 4.78 is 5.52. The molecule has 0 fully saturated rings. The summed E-state index contributed by atoms with van der Waals surface area (Å²) in [6.45, 7) is 4.76. The molecule has 4 nitrogen and oxygen atoms in total. The van der Waals surface area contributed by atoms with Crippen molar-refractivity contribution in [1.82, 2.24) is 5.32 Å². The highest BCUT2D eigenvalue weighted by molar-refractivity contribution is 6.32. The van der Waals surface area contributed by atoms with Gasteiger partial charge in [-0.05, 0) is 31.0 Å². The molecule has 1 amide bonds. The molecule has 1 aromatic carbocycles. The van der Waals surface area contributed by atoms with Crippen LogP contribution in [0, 0.1) is 0 Å². The Morgan fingerprint density at radius 1 is 1.56 bits per heavy atom. The van der Waals surface area contributed by atoms with Crippen LogP contribution in [0.1, 0.15) is 25.8 Å². The number of amides is 1. The first kappa shape index (κ1) is 14.8. The third-order valence-corrected chi connectivity index (χ3v) is 2.75. The molecule has 3 N–H and O–H groups in total. The Morgan fingerprint density at radius 2 is 2.28 bits per heavy atom. The first-order valence-electron chi connectivity index (χ1n) is 6.01. The van der Waals surface area contributed by atoms with Gasteiger partial charge in [0.25, 0.3) is 5.91 Å². The van der Waals surface area contributed by atoms with Gasteiger partial charge >= 0.3 is 0 Å². The number of nitrogens with one attached hydrogen (secondary N) is 1. The molecule has 1 unspecified atom stereocenters. The Bertz CT molecular complexity index is 410. The smallest absolute Gasteiger partial charge is 0.260 e. The molecule has 1 aromatic rings. The second-order valence-electron chi connectivity index (χ2n) is 4.02. The van der Waals surface area contributed by atoms with Crippen LogP contribution in [0.5, 0.6) is 5.75 Å². The quantitative estimate of drug-likeness (QED) is 0.832.